The SMILES string of the molecule is CCn1ncnc1COc1cc(N)cc(Br)c1. The van der Waals surface area contributed by atoms with E-state index in [0.29, 0.717) is 18.0 Å². The Kier molecular flexibility index (Phi) is 3.63. The van der Waals surface area contributed by atoms with Crippen molar-refractivity contribution in [2.45, 2.75) is 20.1 Å². The van der Waals surface area contributed by atoms with E-state index in [1.807, 2.05) is 19.1 Å². The number of hydrogen-bond donors (Lipinski definition) is 1. The molecule has 1 aromatic carbocycles. The summed E-state index contributed by atoms with van der Waals surface area (Å²) in [5, 5.41) is 4.07. The molecule has 0 saturated carbocycles. The zero-order valence-corrected chi connectivity index (χ0v) is 11.0. The van der Waals surface area contributed by atoms with Gasteiger partial charge in [-0.25, -0.2) is 9.67 Å². The lowest BCUT2D eigenvalue weighted by Gasteiger charge is -2.07. The Hall–Kier alpha value is -1.56. The molecule has 2 aromatic rings. The summed E-state index contributed by atoms with van der Waals surface area (Å²) in [5.41, 5.74) is 6.38. The van der Waals surface area contributed by atoms with E-state index >= 15 is 0 Å². The molecule has 0 bridgehead atoms. The highest BCUT2D eigenvalue weighted by Gasteiger charge is 2.04. The van der Waals surface area contributed by atoms with Gasteiger partial charge in [-0.15, -0.1) is 0 Å². The molecule has 5 nitrogen and oxygen atoms in total. The number of nitrogens with zero attached hydrogens (tertiary/aromatic N) is 3. The molecule has 1 heterocycles. The minimum Gasteiger partial charge on any atom is -0.486 e. The van der Waals surface area contributed by atoms with E-state index in [0.717, 1.165) is 16.8 Å². The normalized spacial score (nSPS) is 10.5. The minimum atomic E-state index is 0.379. The lowest BCUT2D eigenvalue weighted by atomic mass is 10.3. The second-order valence-electron chi connectivity index (χ2n) is 3.50. The van der Waals surface area contributed by atoms with Crippen LogP contribution in [0.5, 0.6) is 5.75 Å². The van der Waals surface area contributed by atoms with Crippen LogP contribution in [-0.4, -0.2) is 14.8 Å². The average molecular weight is 297 g/mol. The maximum Gasteiger partial charge on any atom is 0.164 e. The van der Waals surface area contributed by atoms with E-state index in [9.17, 15) is 0 Å². The van der Waals surface area contributed by atoms with E-state index in [2.05, 4.69) is 26.0 Å². The monoisotopic (exact) mass is 296 g/mol. The zero-order valence-electron chi connectivity index (χ0n) is 9.43. The fraction of sp³-hybridized carbons (Fsp3) is 0.273. The summed E-state index contributed by atoms with van der Waals surface area (Å²) in [6.07, 6.45) is 1.53. The highest BCUT2D eigenvalue weighted by Crippen LogP contribution is 2.23. The van der Waals surface area contributed by atoms with Crippen LogP contribution in [0.4, 0.5) is 5.69 Å². The van der Waals surface area contributed by atoms with Crippen molar-refractivity contribution < 1.29 is 4.74 Å². The van der Waals surface area contributed by atoms with Crippen LogP contribution in [0.15, 0.2) is 29.0 Å². The number of ether oxygens (including phenoxy) is 1. The lowest BCUT2D eigenvalue weighted by Crippen LogP contribution is -2.07. The Morgan fingerprint density at radius 3 is 2.94 bits per heavy atom. The number of rotatable bonds is 4. The molecule has 0 fully saturated rings. The Morgan fingerprint density at radius 2 is 2.24 bits per heavy atom. The van der Waals surface area contributed by atoms with Crippen molar-refractivity contribution in [3.8, 4) is 5.75 Å². The van der Waals surface area contributed by atoms with Gasteiger partial charge in [-0.3, -0.25) is 0 Å². The highest BCUT2D eigenvalue weighted by atomic mass is 79.9. The molecule has 0 unspecified atom stereocenters. The maximum atomic E-state index is 5.72. The molecule has 0 spiro atoms. The number of aryl methyl sites for hydroxylation is 1. The van der Waals surface area contributed by atoms with Crippen LogP contribution in [-0.2, 0) is 13.2 Å². The molecule has 17 heavy (non-hydrogen) atoms. The van der Waals surface area contributed by atoms with E-state index < -0.39 is 0 Å². The van der Waals surface area contributed by atoms with Crippen LogP contribution in [0.1, 0.15) is 12.7 Å². The molecule has 2 N–H and O–H groups in total. The summed E-state index contributed by atoms with van der Waals surface area (Å²) >= 11 is 3.37. The van der Waals surface area contributed by atoms with E-state index in [1.165, 1.54) is 6.33 Å². The first-order chi connectivity index (χ1) is 8.19. The van der Waals surface area contributed by atoms with Crippen LogP contribution < -0.4 is 10.5 Å². The molecule has 90 valence electrons. The third-order valence-electron chi connectivity index (χ3n) is 2.26. The van der Waals surface area contributed by atoms with Crippen molar-refractivity contribution in [2.24, 2.45) is 0 Å². The molecule has 0 amide bonds. The van der Waals surface area contributed by atoms with Crippen molar-refractivity contribution in [1.29, 1.82) is 0 Å². The van der Waals surface area contributed by atoms with Crippen LogP contribution in [0.3, 0.4) is 0 Å². The second-order valence-corrected chi connectivity index (χ2v) is 4.42. The lowest BCUT2D eigenvalue weighted by molar-refractivity contribution is 0.287. The summed E-state index contributed by atoms with van der Waals surface area (Å²) in [4.78, 5) is 4.13. The molecule has 0 aliphatic heterocycles. The van der Waals surface area contributed by atoms with Gasteiger partial charge in [-0.1, -0.05) is 15.9 Å². The van der Waals surface area contributed by atoms with Crippen molar-refractivity contribution >= 4 is 21.6 Å². The van der Waals surface area contributed by atoms with Gasteiger partial charge >= 0.3 is 0 Å². The van der Waals surface area contributed by atoms with E-state index in [-0.39, 0.29) is 0 Å². The first kappa shape index (κ1) is 11.9. The Balaban J connectivity index is 2.07. The third kappa shape index (κ3) is 2.97. The van der Waals surface area contributed by atoms with Crippen LogP contribution in [0.2, 0.25) is 0 Å². The third-order valence-corrected chi connectivity index (χ3v) is 2.71. The summed E-state index contributed by atoms with van der Waals surface area (Å²) < 4.78 is 8.31. The molecule has 0 radical (unpaired) electrons. The molecule has 0 aliphatic carbocycles. The number of halogens is 1. The van der Waals surface area contributed by atoms with E-state index in [1.54, 1.807) is 10.7 Å². The Bertz CT molecular complexity index is 492. The van der Waals surface area contributed by atoms with E-state index in [4.69, 9.17) is 10.5 Å². The summed E-state index contributed by atoms with van der Waals surface area (Å²) in [5.74, 6) is 1.51. The largest absolute Gasteiger partial charge is 0.486 e. The predicted octanol–water partition coefficient (Wildman–Crippen LogP) is 2.22. The summed E-state index contributed by atoms with van der Waals surface area (Å²) in [7, 11) is 0. The van der Waals surface area contributed by atoms with Crippen molar-refractivity contribution in [3.05, 3.63) is 34.8 Å². The summed E-state index contributed by atoms with van der Waals surface area (Å²) in [6.45, 7) is 3.17. The minimum absolute atomic E-state index is 0.379. The Labute approximate surface area is 108 Å². The Morgan fingerprint density at radius 1 is 1.41 bits per heavy atom. The molecular formula is C11H13BrN4O. The predicted molar refractivity (Wildman–Crippen MR) is 68.6 cm³/mol. The van der Waals surface area contributed by atoms with Crippen molar-refractivity contribution in [1.82, 2.24) is 14.8 Å². The summed E-state index contributed by atoms with van der Waals surface area (Å²) in [6, 6.07) is 5.46. The zero-order chi connectivity index (χ0) is 12.3. The van der Waals surface area contributed by atoms with Gasteiger partial charge in [-0.05, 0) is 19.1 Å². The second kappa shape index (κ2) is 5.18. The number of benzene rings is 1. The van der Waals surface area contributed by atoms with Gasteiger partial charge in [-0.2, -0.15) is 5.10 Å². The molecule has 6 heteroatoms. The first-order valence-corrected chi connectivity index (χ1v) is 6.04. The van der Waals surface area contributed by atoms with Gasteiger partial charge < -0.3 is 10.5 Å². The quantitative estimate of drug-likeness (QED) is 0.879. The average Bonchev–Trinajstić information content (AvgIpc) is 2.72. The standard InChI is InChI=1S/C11H13BrN4O/c1-2-16-11(14-7-15-16)6-17-10-4-8(12)3-9(13)5-10/h3-5,7H,2,6,13H2,1H3. The van der Waals surface area contributed by atoms with Gasteiger partial charge in [0.15, 0.2) is 5.82 Å². The molecular weight excluding hydrogens is 284 g/mol. The molecule has 0 atom stereocenters. The first-order valence-electron chi connectivity index (χ1n) is 5.24. The number of nitrogen functional groups attached to an aromatic ring is 1. The van der Waals surface area contributed by atoms with Gasteiger partial charge in [0, 0.05) is 22.8 Å². The van der Waals surface area contributed by atoms with Crippen LogP contribution in [0, 0.1) is 0 Å². The van der Waals surface area contributed by atoms with Gasteiger partial charge in [0.2, 0.25) is 0 Å². The topological polar surface area (TPSA) is 66.0 Å². The highest BCUT2D eigenvalue weighted by molar-refractivity contribution is 9.10. The van der Waals surface area contributed by atoms with Crippen molar-refractivity contribution in [2.75, 3.05) is 5.73 Å². The number of hydrogen-bond acceptors (Lipinski definition) is 4. The van der Waals surface area contributed by atoms with Crippen molar-refractivity contribution in [3.63, 3.8) is 0 Å². The molecule has 0 aliphatic rings. The smallest absolute Gasteiger partial charge is 0.164 e. The number of anilines is 1. The van der Waals surface area contributed by atoms with Crippen LogP contribution in [0.25, 0.3) is 0 Å². The fourth-order valence-electron chi connectivity index (χ4n) is 1.48. The number of nitrogens with two attached hydrogens (primary N) is 1. The maximum absolute atomic E-state index is 5.72. The molecule has 0 saturated heterocycles. The molecule has 1 aromatic heterocycles. The van der Waals surface area contributed by atoms with Crippen LogP contribution >= 0.6 is 15.9 Å². The fourth-order valence-corrected chi connectivity index (χ4v) is 1.97. The van der Waals surface area contributed by atoms with Gasteiger partial charge in [0.05, 0.1) is 0 Å². The van der Waals surface area contributed by atoms with Gasteiger partial charge in [0.25, 0.3) is 0 Å². The van der Waals surface area contributed by atoms with Gasteiger partial charge in [0.1, 0.15) is 18.7 Å². The number of aromatic nitrogens is 3. The molecule has 2 rings (SSSR count).